The first-order chi connectivity index (χ1) is 10.0. The summed E-state index contributed by atoms with van der Waals surface area (Å²) in [7, 11) is 1.85. The Labute approximate surface area is 135 Å². The molecule has 2 rings (SSSR count). The lowest BCUT2D eigenvalue weighted by molar-refractivity contribution is 0.574. The van der Waals surface area contributed by atoms with E-state index in [1.807, 2.05) is 14.0 Å². The van der Waals surface area contributed by atoms with Crippen molar-refractivity contribution in [3.63, 3.8) is 0 Å². The van der Waals surface area contributed by atoms with Crippen molar-refractivity contribution in [3.8, 4) is 0 Å². The van der Waals surface area contributed by atoms with Gasteiger partial charge in [0.05, 0.1) is 5.69 Å². The molecule has 1 atom stereocenters. The lowest BCUT2D eigenvalue weighted by Gasteiger charge is -2.15. The first-order valence-electron chi connectivity index (χ1n) is 6.84. The molecule has 0 radical (unpaired) electrons. The van der Waals surface area contributed by atoms with E-state index < -0.39 is 0 Å². The second-order valence-electron chi connectivity index (χ2n) is 5.17. The Hall–Kier alpha value is -1.01. The van der Waals surface area contributed by atoms with Crippen molar-refractivity contribution in [2.75, 3.05) is 5.75 Å². The third-order valence-corrected chi connectivity index (χ3v) is 5.08. The highest BCUT2D eigenvalue weighted by Gasteiger charge is 2.16. The van der Waals surface area contributed by atoms with E-state index in [0.717, 1.165) is 23.4 Å². The molecule has 0 spiro atoms. The fourth-order valence-corrected chi connectivity index (χ4v) is 3.34. The van der Waals surface area contributed by atoms with Crippen molar-refractivity contribution >= 4 is 23.4 Å². The molecule has 1 unspecified atom stereocenters. The first kappa shape index (κ1) is 16.4. The first-order valence-corrected chi connectivity index (χ1v) is 8.21. The summed E-state index contributed by atoms with van der Waals surface area (Å²) >= 11 is 8.06. The van der Waals surface area contributed by atoms with Crippen LogP contribution in [0.2, 0.25) is 5.15 Å². The van der Waals surface area contributed by atoms with E-state index in [-0.39, 0.29) is 6.04 Å². The summed E-state index contributed by atoms with van der Waals surface area (Å²) < 4.78 is 1.70. The van der Waals surface area contributed by atoms with Crippen molar-refractivity contribution in [1.82, 2.24) is 15.2 Å². The van der Waals surface area contributed by atoms with Crippen LogP contribution in [0.15, 0.2) is 29.2 Å². The smallest absolute Gasteiger partial charge is 0.130 e. The average molecular weight is 325 g/mol. The fraction of sp³-hybridized carbons (Fsp3) is 0.400. The Kier molecular flexibility index (Phi) is 5.70. The number of hydrogen-bond donors (Lipinski definition) is 2. The highest BCUT2D eigenvalue weighted by atomic mass is 35.5. The number of nitrogens with two attached hydrogens (primary N) is 1. The molecule has 3 N–H and O–H groups in total. The summed E-state index contributed by atoms with van der Waals surface area (Å²) in [5.41, 5.74) is 6.17. The minimum Gasteiger partial charge on any atom is -0.271 e. The van der Waals surface area contributed by atoms with Crippen LogP contribution in [0.3, 0.4) is 0 Å². The third-order valence-electron chi connectivity index (χ3n) is 3.43. The fourth-order valence-electron chi connectivity index (χ4n) is 2.15. The second kappa shape index (κ2) is 7.31. The van der Waals surface area contributed by atoms with Crippen molar-refractivity contribution in [3.05, 3.63) is 46.2 Å². The third kappa shape index (κ3) is 4.23. The van der Waals surface area contributed by atoms with Gasteiger partial charge in [0.25, 0.3) is 0 Å². The van der Waals surface area contributed by atoms with Crippen LogP contribution in [0.1, 0.15) is 16.8 Å². The van der Waals surface area contributed by atoms with Gasteiger partial charge in [0.1, 0.15) is 5.15 Å². The van der Waals surface area contributed by atoms with Crippen molar-refractivity contribution in [2.45, 2.75) is 31.2 Å². The molecule has 0 saturated carbocycles. The molecule has 0 saturated heterocycles. The van der Waals surface area contributed by atoms with E-state index in [9.17, 15) is 0 Å². The maximum absolute atomic E-state index is 6.27. The quantitative estimate of drug-likeness (QED) is 0.487. The van der Waals surface area contributed by atoms with E-state index >= 15 is 0 Å². The summed E-state index contributed by atoms with van der Waals surface area (Å²) in [6, 6.07) is 8.66. The largest absolute Gasteiger partial charge is 0.271 e. The molecular formula is C15H21ClN4S. The Balaban J connectivity index is 1.98. The van der Waals surface area contributed by atoms with Gasteiger partial charge in [0, 0.05) is 29.3 Å². The zero-order valence-electron chi connectivity index (χ0n) is 12.6. The standard InChI is InChI=1S/C15H21ClN4S/c1-10-4-6-13(7-5-10)21-9-12(18-17)8-14-11(2)19-20(3)15(14)16/h4-7,12,18H,8-9,17H2,1-3H3. The van der Waals surface area contributed by atoms with E-state index in [1.165, 1.54) is 10.5 Å². The second-order valence-corrected chi connectivity index (χ2v) is 6.62. The van der Waals surface area contributed by atoms with Crippen molar-refractivity contribution in [2.24, 2.45) is 12.9 Å². The number of aromatic nitrogens is 2. The summed E-state index contributed by atoms with van der Waals surface area (Å²) in [5.74, 6) is 6.56. The zero-order valence-corrected chi connectivity index (χ0v) is 14.1. The van der Waals surface area contributed by atoms with Gasteiger partial charge in [0.15, 0.2) is 0 Å². The summed E-state index contributed by atoms with van der Waals surface area (Å²) in [4.78, 5) is 1.25. The van der Waals surface area contributed by atoms with Crippen LogP contribution >= 0.6 is 23.4 Å². The van der Waals surface area contributed by atoms with Gasteiger partial charge in [0.2, 0.25) is 0 Å². The van der Waals surface area contributed by atoms with Gasteiger partial charge in [-0.1, -0.05) is 29.3 Å². The zero-order chi connectivity index (χ0) is 15.4. The number of halogens is 1. The Morgan fingerprint density at radius 1 is 1.33 bits per heavy atom. The summed E-state index contributed by atoms with van der Waals surface area (Å²) in [6.45, 7) is 4.06. The van der Waals surface area contributed by atoms with Gasteiger partial charge >= 0.3 is 0 Å². The Bertz CT molecular complexity index is 594. The molecule has 2 aromatic rings. The average Bonchev–Trinajstić information content (AvgIpc) is 2.71. The molecular weight excluding hydrogens is 304 g/mol. The molecule has 6 heteroatoms. The van der Waals surface area contributed by atoms with Crippen molar-refractivity contribution in [1.29, 1.82) is 0 Å². The highest BCUT2D eigenvalue weighted by Crippen LogP contribution is 2.23. The molecule has 0 aliphatic carbocycles. The lowest BCUT2D eigenvalue weighted by Crippen LogP contribution is -2.38. The van der Waals surface area contributed by atoms with Crippen LogP contribution in [0.4, 0.5) is 0 Å². The summed E-state index contributed by atoms with van der Waals surface area (Å²) in [6.07, 6.45) is 0.772. The van der Waals surface area contributed by atoms with Crippen LogP contribution in [0, 0.1) is 13.8 Å². The van der Waals surface area contributed by atoms with Crippen LogP contribution in [0.25, 0.3) is 0 Å². The maximum atomic E-state index is 6.27. The van der Waals surface area contributed by atoms with E-state index in [1.54, 1.807) is 16.4 Å². The SMILES string of the molecule is Cc1ccc(SCC(Cc2c(C)nn(C)c2Cl)NN)cc1. The van der Waals surface area contributed by atoms with Crippen LogP contribution in [0.5, 0.6) is 0 Å². The molecule has 0 aliphatic heterocycles. The van der Waals surface area contributed by atoms with E-state index in [2.05, 4.69) is 41.7 Å². The molecule has 1 heterocycles. The minimum absolute atomic E-state index is 0.150. The Morgan fingerprint density at radius 2 is 2.00 bits per heavy atom. The van der Waals surface area contributed by atoms with Gasteiger partial charge in [-0.15, -0.1) is 11.8 Å². The lowest BCUT2D eigenvalue weighted by atomic mass is 10.1. The predicted molar refractivity (Wildman–Crippen MR) is 89.7 cm³/mol. The molecule has 1 aromatic heterocycles. The highest BCUT2D eigenvalue weighted by molar-refractivity contribution is 7.99. The normalized spacial score (nSPS) is 12.6. The van der Waals surface area contributed by atoms with Crippen LogP contribution < -0.4 is 11.3 Å². The molecule has 1 aromatic carbocycles. The molecule has 0 amide bonds. The van der Waals surface area contributed by atoms with Crippen LogP contribution in [-0.2, 0) is 13.5 Å². The predicted octanol–water partition coefficient (Wildman–Crippen LogP) is 2.86. The van der Waals surface area contributed by atoms with E-state index in [0.29, 0.717) is 5.15 Å². The van der Waals surface area contributed by atoms with E-state index in [4.69, 9.17) is 17.4 Å². The number of aryl methyl sites for hydroxylation is 3. The van der Waals surface area contributed by atoms with Gasteiger partial charge in [-0.05, 0) is 32.4 Å². The van der Waals surface area contributed by atoms with Crippen LogP contribution in [-0.4, -0.2) is 21.6 Å². The number of benzene rings is 1. The van der Waals surface area contributed by atoms with Gasteiger partial charge < -0.3 is 0 Å². The number of nitrogens with zero attached hydrogens (tertiary/aromatic N) is 2. The molecule has 114 valence electrons. The number of hydrazine groups is 1. The Morgan fingerprint density at radius 3 is 2.52 bits per heavy atom. The van der Waals surface area contributed by atoms with Gasteiger partial charge in [-0.25, -0.2) is 0 Å². The molecule has 0 bridgehead atoms. The van der Waals surface area contributed by atoms with Crippen molar-refractivity contribution < 1.29 is 0 Å². The molecule has 0 aliphatic rings. The minimum atomic E-state index is 0.150. The molecule has 0 fully saturated rings. The summed E-state index contributed by atoms with van der Waals surface area (Å²) in [5, 5.41) is 5.02. The molecule has 21 heavy (non-hydrogen) atoms. The number of thioether (sulfide) groups is 1. The van der Waals surface area contributed by atoms with Gasteiger partial charge in [-0.2, -0.15) is 5.10 Å². The topological polar surface area (TPSA) is 55.9 Å². The molecule has 4 nitrogen and oxygen atoms in total. The number of hydrogen-bond acceptors (Lipinski definition) is 4. The number of rotatable bonds is 6. The monoisotopic (exact) mass is 324 g/mol. The number of nitrogens with one attached hydrogen (secondary N) is 1. The van der Waals surface area contributed by atoms with Gasteiger partial charge in [-0.3, -0.25) is 16.0 Å². The maximum Gasteiger partial charge on any atom is 0.130 e.